The summed E-state index contributed by atoms with van der Waals surface area (Å²) >= 11 is 0. The molecule has 3 rings (SSSR count). The molecule has 6 heteroatoms. The number of benzene rings is 1. The van der Waals surface area contributed by atoms with Gasteiger partial charge in [0.1, 0.15) is 18.5 Å². The van der Waals surface area contributed by atoms with Gasteiger partial charge in [0, 0.05) is 19.0 Å². The van der Waals surface area contributed by atoms with E-state index in [-0.39, 0.29) is 6.61 Å². The fraction of sp³-hybridized carbons (Fsp3) is 0.556. The Hall–Kier alpha value is -1.92. The number of piperidine rings is 1. The summed E-state index contributed by atoms with van der Waals surface area (Å²) in [5, 5.41) is 14.1. The van der Waals surface area contributed by atoms with Gasteiger partial charge in [-0.15, -0.1) is 0 Å². The molecule has 1 aromatic heterocycles. The Balaban J connectivity index is 1.51. The topological polar surface area (TPSA) is 71.6 Å². The average Bonchev–Trinajstić information content (AvgIpc) is 3.02. The van der Waals surface area contributed by atoms with Gasteiger partial charge in [-0.3, -0.25) is 0 Å². The van der Waals surface area contributed by atoms with Crippen molar-refractivity contribution in [3.63, 3.8) is 0 Å². The van der Waals surface area contributed by atoms with Gasteiger partial charge in [0.05, 0.1) is 0 Å². The number of aryl methyl sites for hydroxylation is 1. The predicted molar refractivity (Wildman–Crippen MR) is 90.8 cm³/mol. The van der Waals surface area contributed by atoms with E-state index >= 15 is 0 Å². The number of aromatic nitrogens is 2. The number of rotatable bonds is 6. The zero-order chi connectivity index (χ0) is 16.9. The second-order valence-electron chi connectivity index (χ2n) is 6.61. The fourth-order valence-electron chi connectivity index (χ4n) is 2.93. The monoisotopic (exact) mass is 331 g/mol. The van der Waals surface area contributed by atoms with Crippen molar-refractivity contribution in [2.75, 3.05) is 26.2 Å². The maximum atomic E-state index is 10.2. The molecule has 24 heavy (non-hydrogen) atoms. The van der Waals surface area contributed by atoms with Gasteiger partial charge in [0.25, 0.3) is 0 Å². The first-order valence-electron chi connectivity index (χ1n) is 8.54. The van der Waals surface area contributed by atoms with E-state index in [4.69, 9.17) is 9.26 Å². The summed E-state index contributed by atoms with van der Waals surface area (Å²) in [4.78, 5) is 6.52. The zero-order valence-corrected chi connectivity index (χ0v) is 14.3. The molecule has 1 atom stereocenters. The van der Waals surface area contributed by atoms with E-state index in [2.05, 4.69) is 22.0 Å². The molecule has 1 aliphatic rings. The van der Waals surface area contributed by atoms with Gasteiger partial charge in [0.15, 0.2) is 0 Å². The lowest BCUT2D eigenvalue weighted by molar-refractivity contribution is 0.0563. The van der Waals surface area contributed by atoms with Crippen LogP contribution in [0.2, 0.25) is 0 Å². The maximum Gasteiger partial charge on any atom is 0.223 e. The SMILES string of the molecule is Cc1nc(-c2cccc(OC[C@H](O)CN3CCC(C)CC3)c2)no1. The lowest BCUT2D eigenvalue weighted by Crippen LogP contribution is -2.40. The maximum absolute atomic E-state index is 10.2. The van der Waals surface area contributed by atoms with Gasteiger partial charge >= 0.3 is 0 Å². The molecule has 0 saturated carbocycles. The van der Waals surface area contributed by atoms with Crippen LogP contribution in [0.3, 0.4) is 0 Å². The highest BCUT2D eigenvalue weighted by molar-refractivity contribution is 5.56. The number of hydrogen-bond donors (Lipinski definition) is 1. The fourth-order valence-corrected chi connectivity index (χ4v) is 2.93. The minimum absolute atomic E-state index is 0.279. The number of ether oxygens (including phenoxy) is 1. The van der Waals surface area contributed by atoms with Crippen LogP contribution in [-0.4, -0.2) is 52.5 Å². The van der Waals surface area contributed by atoms with Crippen LogP contribution in [0.1, 0.15) is 25.7 Å². The molecule has 1 aliphatic heterocycles. The van der Waals surface area contributed by atoms with Crippen molar-refractivity contribution >= 4 is 0 Å². The van der Waals surface area contributed by atoms with Crippen LogP contribution >= 0.6 is 0 Å². The Morgan fingerprint density at radius 1 is 1.38 bits per heavy atom. The second kappa shape index (κ2) is 7.77. The Morgan fingerprint density at radius 3 is 2.88 bits per heavy atom. The molecule has 130 valence electrons. The van der Waals surface area contributed by atoms with Gasteiger partial charge in [0.2, 0.25) is 11.7 Å². The van der Waals surface area contributed by atoms with E-state index in [0.29, 0.717) is 24.0 Å². The van der Waals surface area contributed by atoms with Gasteiger partial charge in [-0.05, 0) is 44.0 Å². The summed E-state index contributed by atoms with van der Waals surface area (Å²) in [6.07, 6.45) is 1.92. The van der Waals surface area contributed by atoms with Crippen LogP contribution in [0.25, 0.3) is 11.4 Å². The molecule has 6 nitrogen and oxygen atoms in total. The highest BCUT2D eigenvalue weighted by Crippen LogP contribution is 2.22. The summed E-state index contributed by atoms with van der Waals surface area (Å²) in [5.74, 6) is 2.57. The Labute approximate surface area is 142 Å². The van der Waals surface area contributed by atoms with E-state index in [1.54, 1.807) is 6.92 Å². The summed E-state index contributed by atoms with van der Waals surface area (Å²) in [6.45, 7) is 7.11. The van der Waals surface area contributed by atoms with Gasteiger partial charge in [-0.2, -0.15) is 4.98 Å². The Bertz CT molecular complexity index is 650. The average molecular weight is 331 g/mol. The van der Waals surface area contributed by atoms with Crippen molar-refractivity contribution < 1.29 is 14.4 Å². The van der Waals surface area contributed by atoms with E-state index in [9.17, 15) is 5.11 Å². The van der Waals surface area contributed by atoms with E-state index < -0.39 is 6.10 Å². The van der Waals surface area contributed by atoms with Gasteiger partial charge < -0.3 is 19.3 Å². The lowest BCUT2D eigenvalue weighted by Gasteiger charge is -2.31. The van der Waals surface area contributed by atoms with Gasteiger partial charge in [-0.25, -0.2) is 0 Å². The van der Waals surface area contributed by atoms with Gasteiger partial charge in [-0.1, -0.05) is 24.2 Å². The molecule has 0 bridgehead atoms. The molecule has 2 aromatic rings. The number of aliphatic hydroxyl groups is 1. The predicted octanol–water partition coefficient (Wildman–Crippen LogP) is 2.52. The lowest BCUT2D eigenvalue weighted by atomic mass is 9.99. The number of hydrogen-bond acceptors (Lipinski definition) is 6. The van der Waals surface area contributed by atoms with Crippen LogP contribution in [0.4, 0.5) is 0 Å². The normalized spacial score (nSPS) is 17.8. The molecule has 0 amide bonds. The highest BCUT2D eigenvalue weighted by atomic mass is 16.5. The minimum Gasteiger partial charge on any atom is -0.491 e. The Morgan fingerprint density at radius 2 is 2.17 bits per heavy atom. The zero-order valence-electron chi connectivity index (χ0n) is 14.3. The van der Waals surface area contributed by atoms with E-state index in [1.165, 1.54) is 12.8 Å². The summed E-state index contributed by atoms with van der Waals surface area (Å²) in [6, 6.07) is 7.52. The molecule has 1 aromatic carbocycles. The summed E-state index contributed by atoms with van der Waals surface area (Å²) < 4.78 is 10.7. The second-order valence-corrected chi connectivity index (χ2v) is 6.61. The van der Waals surface area contributed by atoms with E-state index in [0.717, 1.165) is 24.6 Å². The third-order valence-corrected chi connectivity index (χ3v) is 4.41. The molecule has 0 aliphatic carbocycles. The van der Waals surface area contributed by atoms with Crippen molar-refractivity contribution in [2.45, 2.75) is 32.8 Å². The molecule has 0 unspecified atom stereocenters. The largest absolute Gasteiger partial charge is 0.491 e. The molecule has 1 saturated heterocycles. The van der Waals surface area contributed by atoms with Crippen LogP contribution in [0.15, 0.2) is 28.8 Å². The van der Waals surface area contributed by atoms with Crippen molar-refractivity contribution in [3.8, 4) is 17.1 Å². The van der Waals surface area contributed by atoms with Crippen LogP contribution in [-0.2, 0) is 0 Å². The first-order valence-corrected chi connectivity index (χ1v) is 8.54. The van der Waals surface area contributed by atoms with E-state index in [1.807, 2.05) is 24.3 Å². The minimum atomic E-state index is -0.491. The first-order chi connectivity index (χ1) is 11.6. The highest BCUT2D eigenvalue weighted by Gasteiger charge is 2.18. The smallest absolute Gasteiger partial charge is 0.223 e. The van der Waals surface area contributed by atoms with Crippen molar-refractivity contribution in [1.29, 1.82) is 0 Å². The summed E-state index contributed by atoms with van der Waals surface area (Å²) in [7, 11) is 0. The van der Waals surface area contributed by atoms with Crippen molar-refractivity contribution in [3.05, 3.63) is 30.2 Å². The first kappa shape index (κ1) is 16.9. The third kappa shape index (κ3) is 4.55. The van der Waals surface area contributed by atoms with Crippen molar-refractivity contribution in [1.82, 2.24) is 15.0 Å². The molecule has 2 heterocycles. The number of aliphatic hydroxyl groups excluding tert-OH is 1. The third-order valence-electron chi connectivity index (χ3n) is 4.41. The molecule has 0 radical (unpaired) electrons. The quantitative estimate of drug-likeness (QED) is 0.877. The number of nitrogens with zero attached hydrogens (tertiary/aromatic N) is 3. The molecule has 1 N–H and O–H groups in total. The van der Waals surface area contributed by atoms with Crippen molar-refractivity contribution in [2.24, 2.45) is 5.92 Å². The standard InChI is InChI=1S/C18H25N3O3/c1-13-6-8-21(9-7-13)11-16(22)12-23-17-5-3-4-15(10-17)18-19-14(2)24-20-18/h3-5,10,13,16,22H,6-9,11-12H2,1-2H3/t16-/m1/s1. The Kier molecular flexibility index (Phi) is 5.48. The summed E-state index contributed by atoms with van der Waals surface area (Å²) in [5.41, 5.74) is 0.837. The molecular weight excluding hydrogens is 306 g/mol. The number of β-amino-alcohol motifs (C(OH)–C–C–N with tert-alkyl or cyclic N) is 1. The molecule has 1 fully saturated rings. The number of likely N-dealkylation sites (tertiary alicyclic amines) is 1. The molecule has 0 spiro atoms. The van der Waals surface area contributed by atoms with Crippen LogP contribution in [0, 0.1) is 12.8 Å². The van der Waals surface area contributed by atoms with Crippen LogP contribution < -0.4 is 4.74 Å². The molecular formula is C18H25N3O3. The van der Waals surface area contributed by atoms with Crippen LogP contribution in [0.5, 0.6) is 5.75 Å².